The van der Waals surface area contributed by atoms with E-state index in [1.54, 1.807) is 5.19 Å². The van der Waals surface area contributed by atoms with Crippen LogP contribution in [0.3, 0.4) is 0 Å². The second-order valence-corrected chi connectivity index (χ2v) is 13.2. The lowest BCUT2D eigenvalue weighted by Crippen LogP contribution is -2.49. The molecule has 0 aromatic heterocycles. The second-order valence-electron chi connectivity index (χ2n) is 8.02. The summed E-state index contributed by atoms with van der Waals surface area (Å²) in [6.45, 7) is 4.93. The maximum atomic E-state index is 3.77. The molecule has 0 bridgehead atoms. The highest BCUT2D eigenvalue weighted by molar-refractivity contribution is 9.10. The van der Waals surface area contributed by atoms with Crippen LogP contribution in [-0.4, -0.2) is 8.07 Å². The Balaban J connectivity index is 1.72. The van der Waals surface area contributed by atoms with Gasteiger partial charge < -0.3 is 4.90 Å². The van der Waals surface area contributed by atoms with Gasteiger partial charge in [-0.2, -0.15) is 0 Å². The Morgan fingerprint density at radius 3 is 2.07 bits per heavy atom. The first-order chi connectivity index (χ1) is 14.1. The third kappa shape index (κ3) is 2.97. The fourth-order valence-corrected chi connectivity index (χ4v) is 8.03. The molecule has 142 valence electrons. The molecule has 0 atom stereocenters. The fourth-order valence-electron chi connectivity index (χ4n) is 4.47. The summed E-state index contributed by atoms with van der Waals surface area (Å²) in [6.07, 6.45) is 0. The van der Waals surface area contributed by atoms with Crippen LogP contribution in [0.1, 0.15) is 0 Å². The van der Waals surface area contributed by atoms with Gasteiger partial charge in [-0.3, -0.25) is 0 Å². The van der Waals surface area contributed by atoms with Gasteiger partial charge in [0.25, 0.3) is 0 Å². The molecule has 0 saturated heterocycles. The molecule has 0 aliphatic carbocycles. The van der Waals surface area contributed by atoms with Gasteiger partial charge in [0.05, 0.1) is 5.69 Å². The Labute approximate surface area is 181 Å². The van der Waals surface area contributed by atoms with E-state index in [-0.39, 0.29) is 0 Å². The Morgan fingerprint density at radius 2 is 1.28 bits per heavy atom. The minimum atomic E-state index is -1.71. The fraction of sp³-hybridized carbons (Fsp3) is 0.0769. The summed E-state index contributed by atoms with van der Waals surface area (Å²) in [4.78, 5) is 2.35. The van der Waals surface area contributed by atoms with Gasteiger partial charge in [-0.15, -0.1) is 0 Å². The van der Waals surface area contributed by atoms with Crippen molar-refractivity contribution >= 4 is 51.4 Å². The SMILES string of the molecule is C[Si]1(C)c2ccccc2-c2ccc(N(c3ccccc3)c3ccccc3Br)cc21. The van der Waals surface area contributed by atoms with E-state index < -0.39 is 8.07 Å². The molecular formula is C26H22BrNSi. The quantitative estimate of drug-likeness (QED) is 0.309. The molecule has 4 aromatic carbocycles. The van der Waals surface area contributed by atoms with Gasteiger partial charge in [-0.25, -0.2) is 0 Å². The van der Waals surface area contributed by atoms with E-state index in [2.05, 4.69) is 131 Å². The van der Waals surface area contributed by atoms with E-state index in [0.29, 0.717) is 0 Å². The zero-order chi connectivity index (χ0) is 20.0. The number of hydrogen-bond donors (Lipinski definition) is 0. The van der Waals surface area contributed by atoms with Crippen LogP contribution in [0.25, 0.3) is 11.1 Å². The second kappa shape index (κ2) is 7.01. The van der Waals surface area contributed by atoms with Crippen molar-refractivity contribution < 1.29 is 0 Å². The molecule has 4 aromatic rings. The van der Waals surface area contributed by atoms with Crippen LogP contribution < -0.4 is 15.3 Å². The maximum Gasteiger partial charge on any atom is 0.113 e. The molecule has 1 aliphatic heterocycles. The topological polar surface area (TPSA) is 3.24 Å². The lowest BCUT2D eigenvalue weighted by Gasteiger charge is -2.28. The summed E-state index contributed by atoms with van der Waals surface area (Å²) < 4.78 is 1.09. The summed E-state index contributed by atoms with van der Waals surface area (Å²) in [5.74, 6) is 0. The number of rotatable bonds is 3. The van der Waals surface area contributed by atoms with Gasteiger partial charge in [0, 0.05) is 15.8 Å². The average Bonchev–Trinajstić information content (AvgIpc) is 2.98. The summed E-state index contributed by atoms with van der Waals surface area (Å²) in [5, 5.41) is 3.06. The zero-order valence-electron chi connectivity index (χ0n) is 16.6. The highest BCUT2D eigenvalue weighted by atomic mass is 79.9. The van der Waals surface area contributed by atoms with E-state index in [1.807, 2.05) is 0 Å². The normalized spacial score (nSPS) is 13.6. The number of hydrogen-bond acceptors (Lipinski definition) is 1. The zero-order valence-corrected chi connectivity index (χ0v) is 19.1. The smallest absolute Gasteiger partial charge is 0.113 e. The van der Waals surface area contributed by atoms with Crippen LogP contribution in [-0.2, 0) is 0 Å². The third-order valence-corrected chi connectivity index (χ3v) is 10.1. The lowest BCUT2D eigenvalue weighted by molar-refractivity contribution is 1.28. The molecule has 0 fully saturated rings. The van der Waals surface area contributed by atoms with Crippen LogP contribution in [0.2, 0.25) is 13.1 Å². The lowest BCUT2D eigenvalue weighted by atomic mass is 10.0. The highest BCUT2D eigenvalue weighted by Crippen LogP contribution is 2.40. The highest BCUT2D eigenvalue weighted by Gasteiger charge is 2.37. The minimum Gasteiger partial charge on any atom is -0.309 e. The first-order valence-electron chi connectivity index (χ1n) is 9.91. The van der Waals surface area contributed by atoms with E-state index in [4.69, 9.17) is 0 Å². The Morgan fingerprint density at radius 1 is 0.621 bits per heavy atom. The van der Waals surface area contributed by atoms with Gasteiger partial charge in [-0.1, -0.05) is 73.8 Å². The van der Waals surface area contributed by atoms with Crippen molar-refractivity contribution in [3.8, 4) is 11.1 Å². The van der Waals surface area contributed by atoms with Crippen molar-refractivity contribution in [2.45, 2.75) is 13.1 Å². The number of nitrogens with zero attached hydrogens (tertiary/aromatic N) is 1. The molecule has 0 amide bonds. The van der Waals surface area contributed by atoms with Crippen molar-refractivity contribution in [3.05, 3.63) is 102 Å². The average molecular weight is 456 g/mol. The molecule has 0 spiro atoms. The van der Waals surface area contributed by atoms with E-state index in [1.165, 1.54) is 22.0 Å². The Kier molecular flexibility index (Phi) is 4.45. The van der Waals surface area contributed by atoms with Gasteiger partial charge in [0.1, 0.15) is 8.07 Å². The first kappa shape index (κ1) is 18.4. The van der Waals surface area contributed by atoms with E-state index in [0.717, 1.165) is 15.8 Å². The van der Waals surface area contributed by atoms with Crippen molar-refractivity contribution in [1.29, 1.82) is 0 Å². The van der Waals surface area contributed by atoms with Crippen molar-refractivity contribution in [2.24, 2.45) is 0 Å². The number of benzene rings is 4. The van der Waals surface area contributed by atoms with Crippen LogP contribution >= 0.6 is 15.9 Å². The van der Waals surface area contributed by atoms with E-state index in [9.17, 15) is 0 Å². The molecule has 1 aliphatic rings. The minimum absolute atomic E-state index is 1.09. The summed E-state index contributed by atoms with van der Waals surface area (Å²) >= 11 is 3.77. The van der Waals surface area contributed by atoms with Crippen molar-refractivity contribution in [1.82, 2.24) is 0 Å². The number of anilines is 3. The monoisotopic (exact) mass is 455 g/mol. The van der Waals surface area contributed by atoms with Crippen LogP contribution in [0.4, 0.5) is 17.1 Å². The molecule has 0 unspecified atom stereocenters. The Hall–Kier alpha value is -2.62. The van der Waals surface area contributed by atoms with Crippen LogP contribution in [0.15, 0.2) is 102 Å². The Bertz CT molecular complexity index is 1200. The molecule has 3 heteroatoms. The number of halogens is 1. The number of para-hydroxylation sites is 2. The molecule has 29 heavy (non-hydrogen) atoms. The van der Waals surface area contributed by atoms with Crippen molar-refractivity contribution in [3.63, 3.8) is 0 Å². The molecule has 0 saturated carbocycles. The van der Waals surface area contributed by atoms with Gasteiger partial charge in [-0.05, 0) is 73.8 Å². The largest absolute Gasteiger partial charge is 0.309 e. The van der Waals surface area contributed by atoms with E-state index >= 15 is 0 Å². The summed E-state index contributed by atoms with van der Waals surface area (Å²) in [6, 6.07) is 35.0. The van der Waals surface area contributed by atoms with Crippen LogP contribution in [0.5, 0.6) is 0 Å². The molecular weight excluding hydrogens is 434 g/mol. The predicted molar refractivity (Wildman–Crippen MR) is 131 cm³/mol. The predicted octanol–water partition coefficient (Wildman–Crippen LogP) is 6.72. The standard InChI is InChI=1S/C26H22BrNSi/c1-29(2)25-15-9-6-12-21(25)22-17-16-20(18-26(22)29)28(19-10-4-3-5-11-19)24-14-8-7-13-23(24)27/h3-18H,1-2H3. The van der Waals surface area contributed by atoms with Gasteiger partial charge in [0.15, 0.2) is 0 Å². The molecule has 1 nitrogen and oxygen atoms in total. The van der Waals surface area contributed by atoms with Gasteiger partial charge >= 0.3 is 0 Å². The van der Waals surface area contributed by atoms with Crippen LogP contribution in [0, 0.1) is 0 Å². The van der Waals surface area contributed by atoms with Gasteiger partial charge in [0.2, 0.25) is 0 Å². The number of fused-ring (bicyclic) bond motifs is 3. The third-order valence-electron chi connectivity index (χ3n) is 5.93. The maximum absolute atomic E-state index is 3.77. The molecule has 0 radical (unpaired) electrons. The molecule has 5 rings (SSSR count). The molecule has 1 heterocycles. The first-order valence-corrected chi connectivity index (χ1v) is 13.7. The van der Waals surface area contributed by atoms with Crippen molar-refractivity contribution in [2.75, 3.05) is 4.90 Å². The summed E-state index contributed by atoms with van der Waals surface area (Å²) in [7, 11) is -1.71. The summed E-state index contributed by atoms with van der Waals surface area (Å²) in [5.41, 5.74) is 6.33. The molecule has 0 N–H and O–H groups in total.